The molecule has 3 nitrogen and oxygen atoms in total. The Labute approximate surface area is 92.7 Å². The van der Waals surface area contributed by atoms with E-state index < -0.39 is 0 Å². The summed E-state index contributed by atoms with van der Waals surface area (Å²) in [6.07, 6.45) is 4.61. The number of rotatable bonds is 6. The molecule has 0 atom stereocenters. The van der Waals surface area contributed by atoms with E-state index in [1.807, 2.05) is 6.08 Å². The van der Waals surface area contributed by atoms with E-state index in [1.165, 1.54) is 5.70 Å². The molecule has 0 saturated heterocycles. The lowest BCUT2D eigenvalue weighted by Crippen LogP contribution is -2.31. The molecule has 0 aliphatic heterocycles. The summed E-state index contributed by atoms with van der Waals surface area (Å²) in [7, 11) is 4.16. The van der Waals surface area contributed by atoms with Crippen molar-refractivity contribution in [2.24, 2.45) is 0 Å². The maximum Gasteiger partial charge on any atom is 0.157 e. The number of ketones is 1. The average molecular weight is 210 g/mol. The Morgan fingerprint density at radius 1 is 1.20 bits per heavy atom. The van der Waals surface area contributed by atoms with Crippen molar-refractivity contribution >= 4 is 5.78 Å². The topological polar surface area (TPSA) is 23.6 Å². The first-order chi connectivity index (χ1) is 7.13. The van der Waals surface area contributed by atoms with Crippen molar-refractivity contribution in [1.82, 2.24) is 9.80 Å². The summed E-state index contributed by atoms with van der Waals surface area (Å²) in [5.41, 5.74) is 1.24. The highest BCUT2D eigenvalue weighted by Crippen LogP contribution is 2.19. The zero-order valence-electron chi connectivity index (χ0n) is 10.1. The van der Waals surface area contributed by atoms with E-state index in [0.717, 1.165) is 32.5 Å². The summed E-state index contributed by atoms with van der Waals surface area (Å²) in [6.45, 7) is 5.32. The molecule has 0 N–H and O–H groups in total. The van der Waals surface area contributed by atoms with Crippen LogP contribution in [0.15, 0.2) is 11.8 Å². The highest BCUT2D eigenvalue weighted by molar-refractivity contribution is 5.92. The molecular formula is C12H22N2O. The molecule has 0 radical (unpaired) electrons. The Bertz CT molecular complexity index is 246. The Morgan fingerprint density at radius 2 is 1.93 bits per heavy atom. The minimum absolute atomic E-state index is 0.288. The third-order valence-electron chi connectivity index (χ3n) is 2.67. The van der Waals surface area contributed by atoms with Crippen LogP contribution in [0.3, 0.4) is 0 Å². The Morgan fingerprint density at radius 3 is 2.40 bits per heavy atom. The van der Waals surface area contributed by atoms with Gasteiger partial charge in [-0.25, -0.2) is 0 Å². The van der Waals surface area contributed by atoms with Crippen LogP contribution in [0.4, 0.5) is 0 Å². The quantitative estimate of drug-likeness (QED) is 0.664. The molecule has 0 aromatic rings. The first-order valence-electron chi connectivity index (χ1n) is 5.76. The molecule has 1 aliphatic carbocycles. The molecule has 86 valence electrons. The summed E-state index contributed by atoms with van der Waals surface area (Å²) < 4.78 is 0. The largest absolute Gasteiger partial charge is 0.373 e. The lowest BCUT2D eigenvalue weighted by molar-refractivity contribution is -0.114. The van der Waals surface area contributed by atoms with Crippen LogP contribution in [0.1, 0.15) is 26.2 Å². The molecular weight excluding hydrogens is 188 g/mol. The van der Waals surface area contributed by atoms with E-state index in [2.05, 4.69) is 30.8 Å². The molecule has 0 bridgehead atoms. The summed E-state index contributed by atoms with van der Waals surface area (Å²) in [4.78, 5) is 15.7. The van der Waals surface area contributed by atoms with Gasteiger partial charge in [-0.3, -0.25) is 4.79 Å². The van der Waals surface area contributed by atoms with Crippen LogP contribution < -0.4 is 0 Å². The Balaban J connectivity index is 2.49. The van der Waals surface area contributed by atoms with E-state index in [0.29, 0.717) is 6.42 Å². The molecule has 0 unspecified atom stereocenters. The second-order valence-electron chi connectivity index (χ2n) is 4.39. The lowest BCUT2D eigenvalue weighted by Gasteiger charge is -2.26. The molecule has 3 heteroatoms. The fourth-order valence-corrected chi connectivity index (χ4v) is 1.82. The molecule has 0 fully saturated rings. The van der Waals surface area contributed by atoms with Crippen molar-refractivity contribution < 1.29 is 4.79 Å². The van der Waals surface area contributed by atoms with Crippen molar-refractivity contribution in [1.29, 1.82) is 0 Å². The normalized spacial score (nSPS) is 16.0. The molecule has 1 aliphatic rings. The minimum Gasteiger partial charge on any atom is -0.373 e. The van der Waals surface area contributed by atoms with E-state index in [1.54, 1.807) is 0 Å². The smallest absolute Gasteiger partial charge is 0.157 e. The Hall–Kier alpha value is -0.830. The van der Waals surface area contributed by atoms with Gasteiger partial charge in [-0.05, 0) is 26.9 Å². The van der Waals surface area contributed by atoms with Crippen LogP contribution in [-0.2, 0) is 4.79 Å². The van der Waals surface area contributed by atoms with Crippen molar-refractivity contribution in [2.75, 3.05) is 33.7 Å². The zero-order chi connectivity index (χ0) is 11.3. The van der Waals surface area contributed by atoms with Crippen LogP contribution in [0.2, 0.25) is 0 Å². The molecule has 15 heavy (non-hydrogen) atoms. The van der Waals surface area contributed by atoms with E-state index in [-0.39, 0.29) is 5.78 Å². The van der Waals surface area contributed by atoms with E-state index in [9.17, 15) is 4.79 Å². The fourth-order valence-electron chi connectivity index (χ4n) is 1.82. The number of nitrogens with zero attached hydrogens (tertiary/aromatic N) is 2. The van der Waals surface area contributed by atoms with Gasteiger partial charge in [-0.15, -0.1) is 0 Å². The maximum atomic E-state index is 11.2. The first kappa shape index (κ1) is 12.2. The molecule has 0 spiro atoms. The molecule has 0 heterocycles. The van der Waals surface area contributed by atoms with E-state index >= 15 is 0 Å². The molecule has 1 rings (SSSR count). The summed E-state index contributed by atoms with van der Waals surface area (Å²) in [5.74, 6) is 0.288. The van der Waals surface area contributed by atoms with Crippen LogP contribution in [0.25, 0.3) is 0 Å². The predicted molar refractivity (Wildman–Crippen MR) is 62.7 cm³/mol. The van der Waals surface area contributed by atoms with Crippen molar-refractivity contribution in [2.45, 2.75) is 26.2 Å². The number of hydrogen-bond acceptors (Lipinski definition) is 3. The average Bonchev–Trinajstić information content (AvgIpc) is 2.59. The first-order valence-corrected chi connectivity index (χ1v) is 5.76. The standard InChI is InChI=1S/C12H22N2O/c1-4-7-14(9-8-13(2)3)11-5-6-12(15)10-11/h10H,4-9H2,1-3H3. The minimum atomic E-state index is 0.288. The zero-order valence-corrected chi connectivity index (χ0v) is 10.1. The van der Waals surface area contributed by atoms with Gasteiger partial charge in [0, 0.05) is 37.8 Å². The molecule has 0 saturated carbocycles. The number of hydrogen-bond donors (Lipinski definition) is 0. The number of carbonyl (C=O) groups excluding carboxylic acids is 1. The van der Waals surface area contributed by atoms with Gasteiger partial charge >= 0.3 is 0 Å². The van der Waals surface area contributed by atoms with Crippen molar-refractivity contribution in [3.8, 4) is 0 Å². The molecule has 0 aromatic carbocycles. The van der Waals surface area contributed by atoms with Crippen LogP contribution in [0, 0.1) is 0 Å². The second-order valence-corrected chi connectivity index (χ2v) is 4.39. The third-order valence-corrected chi connectivity index (χ3v) is 2.67. The number of likely N-dealkylation sites (N-methyl/N-ethyl adjacent to an activating group) is 1. The van der Waals surface area contributed by atoms with Gasteiger partial charge in [0.15, 0.2) is 5.78 Å². The van der Waals surface area contributed by atoms with Crippen molar-refractivity contribution in [3.05, 3.63) is 11.8 Å². The van der Waals surface area contributed by atoms with Crippen LogP contribution in [-0.4, -0.2) is 49.3 Å². The van der Waals surface area contributed by atoms with Gasteiger partial charge in [-0.2, -0.15) is 0 Å². The maximum absolute atomic E-state index is 11.2. The van der Waals surface area contributed by atoms with Crippen LogP contribution >= 0.6 is 0 Å². The summed E-state index contributed by atoms with van der Waals surface area (Å²) >= 11 is 0. The number of allylic oxidation sites excluding steroid dienone is 2. The van der Waals surface area contributed by atoms with Gasteiger partial charge in [0.25, 0.3) is 0 Å². The fraction of sp³-hybridized carbons (Fsp3) is 0.750. The molecule has 0 aromatic heterocycles. The third kappa shape index (κ3) is 4.04. The van der Waals surface area contributed by atoms with Crippen molar-refractivity contribution in [3.63, 3.8) is 0 Å². The lowest BCUT2D eigenvalue weighted by atomic mass is 10.3. The van der Waals surface area contributed by atoms with Gasteiger partial charge in [0.05, 0.1) is 0 Å². The predicted octanol–water partition coefficient (Wildman–Crippen LogP) is 1.51. The Kier molecular flexibility index (Phi) is 4.82. The number of carbonyl (C=O) groups is 1. The molecule has 0 amide bonds. The summed E-state index contributed by atoms with van der Waals surface area (Å²) in [6, 6.07) is 0. The van der Waals surface area contributed by atoms with Gasteiger partial charge < -0.3 is 9.80 Å². The SMILES string of the molecule is CCCN(CCN(C)C)C1=CC(=O)CC1. The summed E-state index contributed by atoms with van der Waals surface area (Å²) in [5, 5.41) is 0. The van der Waals surface area contributed by atoms with E-state index in [4.69, 9.17) is 0 Å². The van der Waals surface area contributed by atoms with Gasteiger partial charge in [0.2, 0.25) is 0 Å². The van der Waals surface area contributed by atoms with Crippen LogP contribution in [0.5, 0.6) is 0 Å². The second kappa shape index (κ2) is 5.91. The highest BCUT2D eigenvalue weighted by Gasteiger charge is 2.17. The van der Waals surface area contributed by atoms with Gasteiger partial charge in [-0.1, -0.05) is 6.92 Å². The van der Waals surface area contributed by atoms with Gasteiger partial charge in [0.1, 0.15) is 0 Å². The monoisotopic (exact) mass is 210 g/mol. The highest BCUT2D eigenvalue weighted by atomic mass is 16.1.